The van der Waals surface area contributed by atoms with Crippen LogP contribution in [0.25, 0.3) is 11.1 Å². The Labute approximate surface area is 114 Å². The SMILES string of the molecule is Cc1c(Br)cc(C)c2oc(N3CCNCC3)nc12. The number of halogens is 1. The third kappa shape index (κ3) is 1.91. The highest BCUT2D eigenvalue weighted by atomic mass is 79.9. The predicted molar refractivity (Wildman–Crippen MR) is 76.3 cm³/mol. The van der Waals surface area contributed by atoms with E-state index in [1.807, 2.05) is 0 Å². The lowest BCUT2D eigenvalue weighted by molar-refractivity contribution is 0.517. The molecule has 1 aliphatic heterocycles. The van der Waals surface area contributed by atoms with E-state index >= 15 is 0 Å². The van der Waals surface area contributed by atoms with Crippen LogP contribution in [0.5, 0.6) is 0 Å². The normalized spacial score (nSPS) is 16.5. The van der Waals surface area contributed by atoms with Gasteiger partial charge in [-0.15, -0.1) is 0 Å². The summed E-state index contributed by atoms with van der Waals surface area (Å²) in [7, 11) is 0. The lowest BCUT2D eigenvalue weighted by atomic mass is 10.1. The first-order valence-electron chi connectivity index (χ1n) is 6.18. The Bertz CT molecular complexity index is 587. The summed E-state index contributed by atoms with van der Waals surface area (Å²) in [5, 5.41) is 3.33. The molecule has 1 aromatic carbocycles. The van der Waals surface area contributed by atoms with Crippen LogP contribution in [0.15, 0.2) is 15.0 Å². The van der Waals surface area contributed by atoms with Gasteiger partial charge in [0.1, 0.15) is 5.52 Å². The Kier molecular flexibility index (Phi) is 3.03. The topological polar surface area (TPSA) is 41.3 Å². The van der Waals surface area contributed by atoms with E-state index in [2.05, 4.69) is 51.0 Å². The van der Waals surface area contributed by atoms with Gasteiger partial charge in [-0.1, -0.05) is 15.9 Å². The number of nitrogens with zero attached hydrogens (tertiary/aromatic N) is 2. The minimum absolute atomic E-state index is 0.746. The van der Waals surface area contributed by atoms with Gasteiger partial charge in [0.25, 0.3) is 6.01 Å². The van der Waals surface area contributed by atoms with Crippen molar-refractivity contribution in [3.05, 3.63) is 21.7 Å². The number of hydrogen-bond acceptors (Lipinski definition) is 4. The van der Waals surface area contributed by atoms with Crippen molar-refractivity contribution in [2.24, 2.45) is 0 Å². The highest BCUT2D eigenvalue weighted by Crippen LogP contribution is 2.31. The van der Waals surface area contributed by atoms with E-state index < -0.39 is 0 Å². The average Bonchev–Trinajstić information content (AvgIpc) is 2.83. The molecule has 0 radical (unpaired) electrons. The van der Waals surface area contributed by atoms with E-state index in [4.69, 9.17) is 4.42 Å². The van der Waals surface area contributed by atoms with Crippen molar-refractivity contribution >= 4 is 33.0 Å². The van der Waals surface area contributed by atoms with Crippen molar-refractivity contribution in [1.82, 2.24) is 10.3 Å². The fourth-order valence-corrected chi connectivity index (χ4v) is 2.83. The van der Waals surface area contributed by atoms with Crippen LogP contribution in [-0.2, 0) is 0 Å². The number of nitrogens with one attached hydrogen (secondary N) is 1. The van der Waals surface area contributed by atoms with Gasteiger partial charge in [-0.3, -0.25) is 0 Å². The first-order chi connectivity index (χ1) is 8.66. The number of aromatic nitrogens is 1. The summed E-state index contributed by atoms with van der Waals surface area (Å²) in [6.07, 6.45) is 0. The Morgan fingerprint density at radius 3 is 2.78 bits per heavy atom. The third-order valence-electron chi connectivity index (χ3n) is 3.42. The Balaban J connectivity index is 2.10. The van der Waals surface area contributed by atoms with Gasteiger partial charge in [-0.05, 0) is 31.0 Å². The zero-order valence-electron chi connectivity index (χ0n) is 10.6. The number of aryl methyl sites for hydroxylation is 2. The maximum Gasteiger partial charge on any atom is 0.298 e. The quantitative estimate of drug-likeness (QED) is 0.879. The number of hydrogen-bond donors (Lipinski definition) is 1. The van der Waals surface area contributed by atoms with Gasteiger partial charge in [0.05, 0.1) is 0 Å². The van der Waals surface area contributed by atoms with Crippen molar-refractivity contribution in [2.75, 3.05) is 31.1 Å². The number of benzene rings is 1. The molecule has 0 bridgehead atoms. The molecule has 1 saturated heterocycles. The Morgan fingerprint density at radius 1 is 1.33 bits per heavy atom. The van der Waals surface area contributed by atoms with E-state index in [0.29, 0.717) is 0 Å². The molecule has 96 valence electrons. The summed E-state index contributed by atoms with van der Waals surface area (Å²) in [4.78, 5) is 6.86. The molecule has 1 fully saturated rings. The summed E-state index contributed by atoms with van der Waals surface area (Å²) in [5.41, 5.74) is 4.14. The number of oxazole rings is 1. The van der Waals surface area contributed by atoms with Crippen molar-refractivity contribution in [3.8, 4) is 0 Å². The second kappa shape index (κ2) is 4.55. The molecule has 1 N–H and O–H groups in total. The average molecular weight is 310 g/mol. The number of fused-ring (bicyclic) bond motifs is 1. The van der Waals surface area contributed by atoms with Crippen molar-refractivity contribution in [2.45, 2.75) is 13.8 Å². The lowest BCUT2D eigenvalue weighted by Gasteiger charge is -2.25. The van der Waals surface area contributed by atoms with Gasteiger partial charge in [-0.25, -0.2) is 0 Å². The predicted octanol–water partition coefficient (Wildman–Crippen LogP) is 2.62. The van der Waals surface area contributed by atoms with Gasteiger partial charge in [0.2, 0.25) is 0 Å². The fraction of sp³-hybridized carbons (Fsp3) is 0.462. The third-order valence-corrected chi connectivity index (χ3v) is 4.24. The van der Waals surface area contributed by atoms with E-state index in [9.17, 15) is 0 Å². The summed E-state index contributed by atoms with van der Waals surface area (Å²) < 4.78 is 7.03. The minimum Gasteiger partial charge on any atom is -0.423 e. The molecule has 0 saturated carbocycles. The number of piperazine rings is 1. The molecule has 1 aliphatic rings. The first-order valence-corrected chi connectivity index (χ1v) is 6.98. The maximum absolute atomic E-state index is 5.94. The van der Waals surface area contributed by atoms with Crippen LogP contribution in [0.3, 0.4) is 0 Å². The molecule has 0 amide bonds. The van der Waals surface area contributed by atoms with Crippen LogP contribution in [-0.4, -0.2) is 31.2 Å². The molecule has 0 spiro atoms. The molecule has 0 aliphatic carbocycles. The largest absolute Gasteiger partial charge is 0.423 e. The van der Waals surface area contributed by atoms with Gasteiger partial charge < -0.3 is 14.6 Å². The van der Waals surface area contributed by atoms with Gasteiger partial charge >= 0.3 is 0 Å². The van der Waals surface area contributed by atoms with Gasteiger partial charge in [0.15, 0.2) is 5.58 Å². The number of rotatable bonds is 1. The Hall–Kier alpha value is -1.07. The summed E-state index contributed by atoms with van der Waals surface area (Å²) in [6, 6.07) is 2.83. The zero-order valence-corrected chi connectivity index (χ0v) is 12.2. The van der Waals surface area contributed by atoms with Crippen LogP contribution in [0.1, 0.15) is 11.1 Å². The van der Waals surface area contributed by atoms with E-state index in [0.717, 1.165) is 58.9 Å². The summed E-state index contributed by atoms with van der Waals surface area (Å²) in [5.74, 6) is 0. The van der Waals surface area contributed by atoms with Crippen LogP contribution in [0, 0.1) is 13.8 Å². The highest BCUT2D eigenvalue weighted by molar-refractivity contribution is 9.10. The van der Waals surface area contributed by atoms with E-state index in [1.54, 1.807) is 0 Å². The molecular weight excluding hydrogens is 294 g/mol. The fourth-order valence-electron chi connectivity index (χ4n) is 2.30. The lowest BCUT2D eigenvalue weighted by Crippen LogP contribution is -2.43. The first kappa shape index (κ1) is 12.0. The molecule has 0 unspecified atom stereocenters. The summed E-state index contributed by atoms with van der Waals surface area (Å²) in [6.45, 7) is 7.99. The maximum atomic E-state index is 5.94. The van der Waals surface area contributed by atoms with Gasteiger partial charge in [-0.2, -0.15) is 4.98 Å². The molecule has 3 rings (SSSR count). The standard InChI is InChI=1S/C13H16BrN3O/c1-8-7-10(14)9(2)11-12(8)18-13(16-11)17-5-3-15-4-6-17/h7,15H,3-6H2,1-2H3. The molecule has 4 nitrogen and oxygen atoms in total. The second-order valence-electron chi connectivity index (χ2n) is 4.71. The summed E-state index contributed by atoms with van der Waals surface area (Å²) >= 11 is 3.57. The molecular formula is C13H16BrN3O. The number of anilines is 1. The van der Waals surface area contributed by atoms with E-state index in [-0.39, 0.29) is 0 Å². The van der Waals surface area contributed by atoms with Crippen LogP contribution in [0.2, 0.25) is 0 Å². The monoisotopic (exact) mass is 309 g/mol. The molecule has 18 heavy (non-hydrogen) atoms. The van der Waals surface area contributed by atoms with Crippen molar-refractivity contribution in [1.29, 1.82) is 0 Å². The molecule has 1 aromatic heterocycles. The van der Waals surface area contributed by atoms with Crippen LogP contribution in [0.4, 0.5) is 6.01 Å². The molecule has 5 heteroatoms. The van der Waals surface area contributed by atoms with Crippen LogP contribution >= 0.6 is 15.9 Å². The molecule has 0 atom stereocenters. The zero-order chi connectivity index (χ0) is 12.7. The molecule has 2 aromatic rings. The minimum atomic E-state index is 0.746. The van der Waals surface area contributed by atoms with E-state index in [1.165, 1.54) is 0 Å². The highest BCUT2D eigenvalue weighted by Gasteiger charge is 2.19. The Morgan fingerprint density at radius 2 is 2.06 bits per heavy atom. The van der Waals surface area contributed by atoms with Gasteiger partial charge in [0, 0.05) is 30.7 Å². The second-order valence-corrected chi connectivity index (χ2v) is 5.57. The smallest absolute Gasteiger partial charge is 0.298 e. The van der Waals surface area contributed by atoms with Crippen LogP contribution < -0.4 is 10.2 Å². The van der Waals surface area contributed by atoms with Crippen molar-refractivity contribution < 1.29 is 4.42 Å². The molecule has 2 heterocycles. The van der Waals surface area contributed by atoms with Crippen molar-refractivity contribution in [3.63, 3.8) is 0 Å².